The number of amides is 1. The molecule has 2 heterocycles. The molecule has 0 unspecified atom stereocenters. The summed E-state index contributed by atoms with van der Waals surface area (Å²) in [5.41, 5.74) is 2.30. The van der Waals surface area contributed by atoms with Gasteiger partial charge in [0.1, 0.15) is 11.6 Å². The lowest BCUT2D eigenvalue weighted by Crippen LogP contribution is -2.37. The average Bonchev–Trinajstić information content (AvgIpc) is 2.94. The Bertz CT molecular complexity index is 1030. The van der Waals surface area contributed by atoms with Crippen molar-refractivity contribution in [2.24, 2.45) is 5.92 Å². The summed E-state index contributed by atoms with van der Waals surface area (Å²) in [4.78, 5) is 21.1. The monoisotopic (exact) mass is 398 g/mol. The first-order chi connectivity index (χ1) is 13.5. The summed E-state index contributed by atoms with van der Waals surface area (Å²) >= 11 is 6.36. The maximum Gasteiger partial charge on any atom is 0.223 e. The number of rotatable bonds is 6. The van der Waals surface area contributed by atoms with E-state index in [0.29, 0.717) is 29.6 Å². The summed E-state index contributed by atoms with van der Waals surface area (Å²) in [7, 11) is 0. The smallest absolute Gasteiger partial charge is 0.223 e. The van der Waals surface area contributed by atoms with E-state index in [2.05, 4.69) is 25.7 Å². The minimum atomic E-state index is 0.153. The van der Waals surface area contributed by atoms with Crippen molar-refractivity contribution in [3.05, 3.63) is 40.8 Å². The van der Waals surface area contributed by atoms with E-state index in [4.69, 9.17) is 11.6 Å². The molecule has 2 N–H and O–H groups in total. The molecule has 28 heavy (non-hydrogen) atoms. The first-order valence-corrected chi connectivity index (χ1v) is 9.93. The van der Waals surface area contributed by atoms with Gasteiger partial charge in [0.05, 0.1) is 21.8 Å². The molecule has 7 nitrogen and oxygen atoms in total. The molecule has 1 aliphatic rings. The third-order valence-corrected chi connectivity index (χ3v) is 5.41. The van der Waals surface area contributed by atoms with Crippen molar-refractivity contribution in [2.75, 3.05) is 18.4 Å². The Balaban J connectivity index is 1.57. The second-order valence-corrected chi connectivity index (χ2v) is 7.52. The minimum absolute atomic E-state index is 0.153. The second-order valence-electron chi connectivity index (χ2n) is 7.11. The highest BCUT2D eigenvalue weighted by Gasteiger charge is 2.24. The molecule has 1 aliphatic carbocycles. The van der Waals surface area contributed by atoms with Crippen molar-refractivity contribution in [2.45, 2.75) is 33.1 Å². The van der Waals surface area contributed by atoms with Crippen LogP contribution in [-0.2, 0) is 4.79 Å². The van der Waals surface area contributed by atoms with Crippen molar-refractivity contribution < 1.29 is 4.79 Å². The molecule has 0 radical (unpaired) electrons. The van der Waals surface area contributed by atoms with Gasteiger partial charge in [-0.1, -0.05) is 30.2 Å². The van der Waals surface area contributed by atoms with Crippen LogP contribution in [-0.4, -0.2) is 38.7 Å². The number of aromatic nitrogens is 4. The molecule has 1 aromatic carbocycles. The maximum absolute atomic E-state index is 12.0. The number of carbonyl (C=O) groups is 1. The topological polar surface area (TPSA) is 84.7 Å². The fourth-order valence-corrected chi connectivity index (χ4v) is 3.61. The Hall–Kier alpha value is -2.67. The van der Waals surface area contributed by atoms with Gasteiger partial charge in [-0.15, -0.1) is 0 Å². The number of hydrogen-bond acceptors (Lipinski definition) is 5. The number of para-hydroxylation sites is 1. The average molecular weight is 399 g/mol. The van der Waals surface area contributed by atoms with Crippen molar-refractivity contribution >= 4 is 34.4 Å². The number of aryl methyl sites for hydroxylation is 2. The lowest BCUT2D eigenvalue weighted by Gasteiger charge is -2.24. The fourth-order valence-electron chi connectivity index (χ4n) is 3.39. The summed E-state index contributed by atoms with van der Waals surface area (Å²) in [6.45, 7) is 4.92. The Morgan fingerprint density at radius 3 is 2.71 bits per heavy atom. The van der Waals surface area contributed by atoms with Crippen LogP contribution >= 0.6 is 11.6 Å². The molecule has 0 spiro atoms. The Labute approximate surface area is 168 Å². The highest BCUT2D eigenvalue weighted by Crippen LogP contribution is 2.29. The summed E-state index contributed by atoms with van der Waals surface area (Å²) in [5, 5.41) is 12.4. The van der Waals surface area contributed by atoms with Gasteiger partial charge in [0.2, 0.25) is 5.91 Å². The van der Waals surface area contributed by atoms with E-state index in [1.165, 1.54) is 0 Å². The molecule has 146 valence electrons. The van der Waals surface area contributed by atoms with E-state index < -0.39 is 0 Å². The lowest BCUT2D eigenvalue weighted by molar-refractivity contribution is -0.127. The van der Waals surface area contributed by atoms with Gasteiger partial charge in [-0.2, -0.15) is 5.10 Å². The van der Waals surface area contributed by atoms with E-state index in [0.717, 1.165) is 41.8 Å². The van der Waals surface area contributed by atoms with Crippen molar-refractivity contribution in [3.8, 4) is 5.69 Å². The van der Waals surface area contributed by atoms with Crippen molar-refractivity contribution in [1.82, 2.24) is 25.1 Å². The number of nitrogens with one attached hydrogen (secondary N) is 2. The molecule has 0 saturated heterocycles. The van der Waals surface area contributed by atoms with E-state index in [1.807, 2.05) is 38.1 Å². The molecule has 0 bridgehead atoms. The summed E-state index contributed by atoms with van der Waals surface area (Å²) in [6.07, 6.45) is 3.17. The number of anilines is 1. The second kappa shape index (κ2) is 7.75. The van der Waals surface area contributed by atoms with Crippen LogP contribution in [0.15, 0.2) is 24.3 Å². The van der Waals surface area contributed by atoms with E-state index >= 15 is 0 Å². The van der Waals surface area contributed by atoms with Gasteiger partial charge in [-0.3, -0.25) is 4.79 Å². The Kier molecular flexibility index (Phi) is 5.17. The van der Waals surface area contributed by atoms with Crippen LogP contribution in [0, 0.1) is 19.8 Å². The minimum Gasteiger partial charge on any atom is -0.368 e. The predicted octanol–water partition coefficient (Wildman–Crippen LogP) is 3.41. The summed E-state index contributed by atoms with van der Waals surface area (Å²) in [5.74, 6) is 1.71. The Morgan fingerprint density at radius 1 is 1.21 bits per heavy atom. The van der Waals surface area contributed by atoms with Gasteiger partial charge in [-0.25, -0.2) is 14.6 Å². The van der Waals surface area contributed by atoms with Crippen LogP contribution in [0.4, 0.5) is 5.82 Å². The predicted molar refractivity (Wildman–Crippen MR) is 110 cm³/mol. The Morgan fingerprint density at radius 2 is 2.00 bits per heavy atom. The van der Waals surface area contributed by atoms with Gasteiger partial charge in [0, 0.05) is 19.0 Å². The molecule has 4 rings (SSSR count). The third kappa shape index (κ3) is 3.54. The molecular weight excluding hydrogens is 376 g/mol. The molecule has 8 heteroatoms. The molecular formula is C20H23ClN6O. The quantitative estimate of drug-likeness (QED) is 0.621. The molecule has 3 aromatic rings. The highest BCUT2D eigenvalue weighted by molar-refractivity contribution is 6.32. The summed E-state index contributed by atoms with van der Waals surface area (Å²) in [6, 6.07) is 7.55. The lowest BCUT2D eigenvalue weighted by atomic mass is 9.85. The third-order valence-electron chi connectivity index (χ3n) is 5.09. The van der Waals surface area contributed by atoms with Crippen molar-refractivity contribution in [3.63, 3.8) is 0 Å². The van der Waals surface area contributed by atoms with Crippen LogP contribution in [0.3, 0.4) is 0 Å². The SMILES string of the molecule is Cc1nc(NCCNC(=O)C2CCC2)c2c(C)nn(-c3ccccc3Cl)c2n1. The highest BCUT2D eigenvalue weighted by atomic mass is 35.5. The zero-order chi connectivity index (χ0) is 19.7. The molecule has 1 saturated carbocycles. The summed E-state index contributed by atoms with van der Waals surface area (Å²) < 4.78 is 1.76. The van der Waals surface area contributed by atoms with E-state index in [1.54, 1.807) is 4.68 Å². The number of fused-ring (bicyclic) bond motifs is 1. The van der Waals surface area contributed by atoms with Gasteiger partial charge in [0.15, 0.2) is 5.65 Å². The molecule has 0 aliphatic heterocycles. The molecule has 0 atom stereocenters. The zero-order valence-electron chi connectivity index (χ0n) is 16.0. The van der Waals surface area contributed by atoms with Gasteiger partial charge < -0.3 is 10.6 Å². The van der Waals surface area contributed by atoms with Crippen LogP contribution in [0.5, 0.6) is 0 Å². The largest absolute Gasteiger partial charge is 0.368 e. The number of hydrogen-bond donors (Lipinski definition) is 2. The molecule has 1 fully saturated rings. The van der Waals surface area contributed by atoms with Crippen LogP contribution in [0.25, 0.3) is 16.7 Å². The van der Waals surface area contributed by atoms with Gasteiger partial charge in [0.25, 0.3) is 0 Å². The number of halogens is 1. The van der Waals surface area contributed by atoms with Crippen molar-refractivity contribution in [1.29, 1.82) is 0 Å². The first kappa shape index (κ1) is 18.7. The normalized spacial score (nSPS) is 14.1. The fraction of sp³-hybridized carbons (Fsp3) is 0.400. The zero-order valence-corrected chi connectivity index (χ0v) is 16.8. The van der Waals surface area contributed by atoms with Crippen LogP contribution in [0.2, 0.25) is 5.02 Å². The molecule has 1 amide bonds. The standard InChI is InChI=1S/C20H23ClN6O/c1-12-17-18(22-10-11-23-20(28)14-6-5-7-14)24-13(2)25-19(17)27(26-12)16-9-4-3-8-15(16)21/h3-4,8-9,14H,5-7,10-11H2,1-2H3,(H,23,28)(H,22,24,25). The molecule has 2 aromatic heterocycles. The number of nitrogens with zero attached hydrogens (tertiary/aromatic N) is 4. The maximum atomic E-state index is 12.0. The number of benzene rings is 1. The van der Waals surface area contributed by atoms with Gasteiger partial charge >= 0.3 is 0 Å². The van der Waals surface area contributed by atoms with Gasteiger partial charge in [-0.05, 0) is 38.8 Å². The van der Waals surface area contributed by atoms with Crippen LogP contribution < -0.4 is 10.6 Å². The van der Waals surface area contributed by atoms with E-state index in [-0.39, 0.29) is 11.8 Å². The first-order valence-electron chi connectivity index (χ1n) is 9.55. The van der Waals surface area contributed by atoms with E-state index in [9.17, 15) is 4.79 Å². The van der Waals surface area contributed by atoms with Crippen LogP contribution in [0.1, 0.15) is 30.8 Å². The number of carbonyl (C=O) groups excluding carboxylic acids is 1.